The third-order valence-corrected chi connectivity index (χ3v) is 6.37. The molecule has 6 heteroatoms. The highest BCUT2D eigenvalue weighted by atomic mass is 79.9. The van der Waals surface area contributed by atoms with Crippen molar-refractivity contribution < 1.29 is 14.3 Å². The number of carbonyl (C=O) groups excluding carboxylic acids is 2. The molecule has 0 aliphatic heterocycles. The first-order valence-corrected chi connectivity index (χ1v) is 11.6. The molecule has 0 saturated carbocycles. The zero-order chi connectivity index (χ0) is 23.0. The van der Waals surface area contributed by atoms with E-state index in [0.29, 0.717) is 18.7 Å². The number of amides is 2. The van der Waals surface area contributed by atoms with Crippen molar-refractivity contribution in [2.24, 2.45) is 0 Å². The van der Waals surface area contributed by atoms with Crippen LogP contribution in [0.1, 0.15) is 50.3 Å². The number of halogens is 1. The summed E-state index contributed by atoms with van der Waals surface area (Å²) in [5, 5.41) is 3.02. The molecule has 0 radical (unpaired) electrons. The highest BCUT2D eigenvalue weighted by Gasteiger charge is 2.29. The monoisotopic (exact) mass is 488 g/mol. The van der Waals surface area contributed by atoms with Crippen molar-refractivity contribution in [1.29, 1.82) is 0 Å². The Kier molecular flexibility index (Phi) is 9.56. The minimum absolute atomic E-state index is 0.0546. The van der Waals surface area contributed by atoms with Gasteiger partial charge in [0.25, 0.3) is 5.91 Å². The second kappa shape index (κ2) is 11.9. The average Bonchev–Trinajstić information content (AvgIpc) is 2.75. The molecule has 0 saturated heterocycles. The standard InChI is InChI=1S/C25H33BrN2O3/c1-6-19(5)27-25(30)23(7-2)28(15-20-11-9-8-10-17(20)3)24(29)16-31-21-12-13-22(26)18(4)14-21/h8-14,19,23H,6-7,15-16H2,1-5H3,(H,27,30)/t19-,23+/m1/s1. The molecule has 0 bridgehead atoms. The Morgan fingerprint density at radius 1 is 1.06 bits per heavy atom. The molecule has 2 atom stereocenters. The van der Waals surface area contributed by atoms with Crippen LogP contribution >= 0.6 is 15.9 Å². The van der Waals surface area contributed by atoms with E-state index in [1.807, 2.05) is 77.1 Å². The summed E-state index contributed by atoms with van der Waals surface area (Å²) in [6.07, 6.45) is 1.36. The maximum absolute atomic E-state index is 13.3. The van der Waals surface area contributed by atoms with Gasteiger partial charge < -0.3 is 15.0 Å². The van der Waals surface area contributed by atoms with Gasteiger partial charge in [0.2, 0.25) is 5.91 Å². The van der Waals surface area contributed by atoms with E-state index >= 15 is 0 Å². The average molecular weight is 489 g/mol. The van der Waals surface area contributed by atoms with E-state index in [1.165, 1.54) is 0 Å². The van der Waals surface area contributed by atoms with Gasteiger partial charge in [-0.25, -0.2) is 0 Å². The summed E-state index contributed by atoms with van der Waals surface area (Å²) in [6.45, 7) is 10.1. The minimum atomic E-state index is -0.559. The first-order chi connectivity index (χ1) is 14.8. The number of hydrogen-bond donors (Lipinski definition) is 1. The SMILES string of the molecule is CC[C@@H](C)NC(=O)[C@H](CC)N(Cc1ccccc1C)C(=O)COc1ccc(Br)c(C)c1. The lowest BCUT2D eigenvalue weighted by atomic mass is 10.1. The van der Waals surface area contributed by atoms with E-state index in [0.717, 1.165) is 27.6 Å². The van der Waals surface area contributed by atoms with Crippen molar-refractivity contribution in [3.63, 3.8) is 0 Å². The normalized spacial score (nSPS) is 12.7. The molecule has 1 N–H and O–H groups in total. The molecule has 168 valence electrons. The van der Waals surface area contributed by atoms with Gasteiger partial charge in [0.15, 0.2) is 6.61 Å². The van der Waals surface area contributed by atoms with E-state index < -0.39 is 6.04 Å². The zero-order valence-corrected chi connectivity index (χ0v) is 20.7. The van der Waals surface area contributed by atoms with Crippen LogP contribution in [0.15, 0.2) is 46.9 Å². The molecule has 0 spiro atoms. The quantitative estimate of drug-likeness (QED) is 0.501. The summed E-state index contributed by atoms with van der Waals surface area (Å²) in [7, 11) is 0. The summed E-state index contributed by atoms with van der Waals surface area (Å²) in [4.78, 5) is 27.9. The zero-order valence-electron chi connectivity index (χ0n) is 19.1. The molecule has 31 heavy (non-hydrogen) atoms. The fourth-order valence-electron chi connectivity index (χ4n) is 3.27. The van der Waals surface area contributed by atoms with Crippen molar-refractivity contribution in [2.45, 2.75) is 66.1 Å². The molecule has 2 aromatic carbocycles. The molecule has 2 aromatic rings. The van der Waals surface area contributed by atoms with Gasteiger partial charge in [-0.1, -0.05) is 54.0 Å². The number of nitrogens with zero attached hydrogens (tertiary/aromatic N) is 1. The van der Waals surface area contributed by atoms with Crippen molar-refractivity contribution in [3.05, 3.63) is 63.6 Å². The molecular weight excluding hydrogens is 456 g/mol. The van der Waals surface area contributed by atoms with E-state index in [2.05, 4.69) is 21.2 Å². The lowest BCUT2D eigenvalue weighted by Gasteiger charge is -2.31. The Labute approximate surface area is 194 Å². The van der Waals surface area contributed by atoms with Gasteiger partial charge >= 0.3 is 0 Å². The van der Waals surface area contributed by atoms with Crippen LogP contribution in [0.4, 0.5) is 0 Å². The van der Waals surface area contributed by atoms with Gasteiger partial charge in [-0.15, -0.1) is 0 Å². The number of ether oxygens (including phenoxy) is 1. The van der Waals surface area contributed by atoms with Crippen molar-refractivity contribution in [1.82, 2.24) is 10.2 Å². The topological polar surface area (TPSA) is 58.6 Å². The first-order valence-electron chi connectivity index (χ1n) is 10.8. The van der Waals surface area contributed by atoms with Crippen LogP contribution in [0.25, 0.3) is 0 Å². The maximum Gasteiger partial charge on any atom is 0.261 e. The molecule has 0 aliphatic rings. The van der Waals surface area contributed by atoms with Crippen LogP contribution in [0, 0.1) is 13.8 Å². The highest BCUT2D eigenvalue weighted by molar-refractivity contribution is 9.10. The summed E-state index contributed by atoms with van der Waals surface area (Å²) >= 11 is 3.47. The fourth-order valence-corrected chi connectivity index (χ4v) is 3.51. The number of carbonyl (C=O) groups is 2. The van der Waals surface area contributed by atoms with Crippen molar-refractivity contribution in [3.8, 4) is 5.75 Å². The summed E-state index contributed by atoms with van der Waals surface area (Å²) in [6, 6.07) is 13.0. The van der Waals surface area contributed by atoms with Gasteiger partial charge in [-0.05, 0) is 68.5 Å². The molecule has 0 unspecified atom stereocenters. The van der Waals surface area contributed by atoms with Gasteiger partial charge in [-0.2, -0.15) is 0 Å². The molecule has 0 aliphatic carbocycles. The largest absolute Gasteiger partial charge is 0.484 e. The molecule has 2 amide bonds. The highest BCUT2D eigenvalue weighted by Crippen LogP contribution is 2.22. The summed E-state index contributed by atoms with van der Waals surface area (Å²) in [5.74, 6) is 0.287. The summed E-state index contributed by atoms with van der Waals surface area (Å²) < 4.78 is 6.77. The van der Waals surface area contributed by atoms with Crippen molar-refractivity contribution >= 4 is 27.7 Å². The molecule has 2 rings (SSSR count). The van der Waals surface area contributed by atoms with Crippen molar-refractivity contribution in [2.75, 3.05) is 6.61 Å². The number of hydrogen-bond acceptors (Lipinski definition) is 3. The van der Waals surface area contributed by atoms with E-state index in [9.17, 15) is 9.59 Å². The van der Waals surface area contributed by atoms with Crippen LogP contribution in [-0.2, 0) is 16.1 Å². The number of benzene rings is 2. The smallest absolute Gasteiger partial charge is 0.261 e. The van der Waals surface area contributed by atoms with E-state index in [1.54, 1.807) is 4.90 Å². The Hall–Kier alpha value is -2.34. The molecule has 5 nitrogen and oxygen atoms in total. The maximum atomic E-state index is 13.3. The van der Waals surface area contributed by atoms with Gasteiger partial charge in [0, 0.05) is 17.1 Å². The van der Waals surface area contributed by atoms with Crippen LogP contribution in [0.3, 0.4) is 0 Å². The third-order valence-electron chi connectivity index (χ3n) is 5.48. The van der Waals surface area contributed by atoms with Gasteiger partial charge in [0.1, 0.15) is 11.8 Å². The Morgan fingerprint density at radius 3 is 2.39 bits per heavy atom. The fraction of sp³-hybridized carbons (Fsp3) is 0.440. The van der Waals surface area contributed by atoms with Crippen LogP contribution in [0.5, 0.6) is 5.75 Å². The van der Waals surface area contributed by atoms with Gasteiger partial charge in [-0.3, -0.25) is 9.59 Å². The predicted octanol–water partition coefficient (Wildman–Crippen LogP) is 5.17. The lowest BCUT2D eigenvalue weighted by molar-refractivity contribution is -0.143. The van der Waals surface area contributed by atoms with Gasteiger partial charge in [0.05, 0.1) is 0 Å². The van der Waals surface area contributed by atoms with Crippen LogP contribution in [-0.4, -0.2) is 35.4 Å². The Morgan fingerprint density at radius 2 is 1.77 bits per heavy atom. The van der Waals surface area contributed by atoms with E-state index in [4.69, 9.17) is 4.74 Å². The van der Waals surface area contributed by atoms with Crippen LogP contribution < -0.4 is 10.1 Å². The Balaban J connectivity index is 2.24. The second-order valence-corrected chi connectivity index (χ2v) is 8.74. The van der Waals surface area contributed by atoms with Crippen LogP contribution in [0.2, 0.25) is 0 Å². The number of aryl methyl sites for hydroxylation is 2. The summed E-state index contributed by atoms with van der Waals surface area (Å²) in [5.41, 5.74) is 3.13. The minimum Gasteiger partial charge on any atom is -0.484 e. The molecule has 0 aromatic heterocycles. The molecule has 0 fully saturated rings. The first kappa shape index (κ1) is 24.9. The third kappa shape index (κ3) is 7.10. The Bertz CT molecular complexity index is 900. The predicted molar refractivity (Wildman–Crippen MR) is 128 cm³/mol. The van der Waals surface area contributed by atoms with E-state index in [-0.39, 0.29) is 24.5 Å². The second-order valence-electron chi connectivity index (χ2n) is 7.89. The number of rotatable bonds is 10. The number of nitrogens with one attached hydrogen (secondary N) is 1. The molecular formula is C25H33BrN2O3. The lowest BCUT2D eigenvalue weighted by Crippen LogP contribution is -2.51. The molecule has 0 heterocycles.